The number of allylic oxidation sites excluding steroid dienone is 2. The van der Waals surface area contributed by atoms with Crippen LogP contribution in [0.5, 0.6) is 0 Å². The molecule has 6 heteroatoms. The van der Waals surface area contributed by atoms with E-state index in [1.165, 1.54) is 16.2 Å². The number of carbonyl (C=O) groups excluding carboxylic acids is 1. The molecule has 5 nitrogen and oxygen atoms in total. The van der Waals surface area contributed by atoms with Crippen LogP contribution in [0.15, 0.2) is 12.2 Å². The second-order valence-corrected chi connectivity index (χ2v) is 6.76. The van der Waals surface area contributed by atoms with Gasteiger partial charge in [-0.2, -0.15) is 5.26 Å². The molecule has 0 saturated heterocycles. The van der Waals surface area contributed by atoms with E-state index < -0.39 is 17.8 Å². The maximum Gasteiger partial charge on any atom is 0.307 e. The summed E-state index contributed by atoms with van der Waals surface area (Å²) in [6.07, 6.45) is 7.35. The highest BCUT2D eigenvalue weighted by Gasteiger charge is 2.35. The van der Waals surface area contributed by atoms with Crippen molar-refractivity contribution in [2.24, 2.45) is 11.8 Å². The molecule has 0 fully saturated rings. The van der Waals surface area contributed by atoms with Crippen molar-refractivity contribution < 1.29 is 14.7 Å². The van der Waals surface area contributed by atoms with Crippen molar-refractivity contribution in [3.05, 3.63) is 28.2 Å². The number of carboxylic acids is 1. The van der Waals surface area contributed by atoms with Gasteiger partial charge in [-0.1, -0.05) is 12.2 Å². The average molecular weight is 316 g/mol. The number of carboxylic acid groups (broad SMARTS) is 1. The van der Waals surface area contributed by atoms with Crippen molar-refractivity contribution >= 4 is 28.2 Å². The first-order valence-electron chi connectivity index (χ1n) is 7.35. The molecule has 0 aromatic carbocycles. The van der Waals surface area contributed by atoms with Crippen molar-refractivity contribution in [1.82, 2.24) is 0 Å². The first kappa shape index (κ1) is 14.8. The highest BCUT2D eigenvalue weighted by atomic mass is 32.1. The molecule has 1 heterocycles. The van der Waals surface area contributed by atoms with Gasteiger partial charge >= 0.3 is 5.97 Å². The summed E-state index contributed by atoms with van der Waals surface area (Å²) in [6.45, 7) is 0. The molecular formula is C16H16N2O3S. The summed E-state index contributed by atoms with van der Waals surface area (Å²) in [5.41, 5.74) is 1.62. The van der Waals surface area contributed by atoms with Crippen molar-refractivity contribution in [2.45, 2.75) is 32.1 Å². The van der Waals surface area contributed by atoms with Gasteiger partial charge in [-0.25, -0.2) is 0 Å². The van der Waals surface area contributed by atoms with Crippen LogP contribution in [0.2, 0.25) is 0 Å². The number of hydrogen-bond donors (Lipinski definition) is 2. The summed E-state index contributed by atoms with van der Waals surface area (Å²) >= 11 is 1.46. The number of thiophene rings is 1. The minimum absolute atomic E-state index is 0.298. The van der Waals surface area contributed by atoms with Gasteiger partial charge in [-0.15, -0.1) is 11.3 Å². The van der Waals surface area contributed by atoms with E-state index >= 15 is 0 Å². The molecule has 0 unspecified atom stereocenters. The predicted octanol–water partition coefficient (Wildman–Crippen LogP) is 2.71. The lowest BCUT2D eigenvalue weighted by Gasteiger charge is -2.24. The molecule has 1 amide bonds. The van der Waals surface area contributed by atoms with E-state index in [2.05, 4.69) is 11.4 Å². The summed E-state index contributed by atoms with van der Waals surface area (Å²) in [7, 11) is 0. The number of hydrogen-bond acceptors (Lipinski definition) is 4. The molecule has 22 heavy (non-hydrogen) atoms. The van der Waals surface area contributed by atoms with Crippen LogP contribution in [0, 0.1) is 23.2 Å². The molecule has 2 aliphatic carbocycles. The number of aryl methyl sites for hydroxylation is 1. The Labute approximate surface area is 132 Å². The average Bonchev–Trinajstić information content (AvgIpc) is 3.07. The smallest absolute Gasteiger partial charge is 0.307 e. The van der Waals surface area contributed by atoms with Gasteiger partial charge in [0, 0.05) is 4.88 Å². The Hall–Kier alpha value is -2.13. The number of rotatable bonds is 3. The number of aliphatic carboxylic acids is 1. The minimum Gasteiger partial charge on any atom is -0.481 e. The molecule has 0 spiro atoms. The minimum atomic E-state index is -0.946. The second kappa shape index (κ2) is 5.93. The van der Waals surface area contributed by atoms with Crippen LogP contribution in [-0.4, -0.2) is 17.0 Å². The zero-order valence-corrected chi connectivity index (χ0v) is 12.8. The van der Waals surface area contributed by atoms with E-state index in [1.807, 2.05) is 12.2 Å². The Morgan fingerprint density at radius 3 is 2.68 bits per heavy atom. The highest BCUT2D eigenvalue weighted by molar-refractivity contribution is 7.16. The van der Waals surface area contributed by atoms with Gasteiger partial charge in [-0.3, -0.25) is 9.59 Å². The maximum atomic E-state index is 12.5. The number of fused-ring (bicyclic) bond motifs is 1. The molecule has 0 bridgehead atoms. The van der Waals surface area contributed by atoms with E-state index in [0.29, 0.717) is 23.4 Å². The molecule has 1 aromatic heterocycles. The normalized spacial score (nSPS) is 22.9. The van der Waals surface area contributed by atoms with Gasteiger partial charge in [0.25, 0.3) is 0 Å². The zero-order valence-electron chi connectivity index (χ0n) is 12.0. The molecule has 0 aliphatic heterocycles. The third-order valence-electron chi connectivity index (χ3n) is 4.36. The summed E-state index contributed by atoms with van der Waals surface area (Å²) in [5, 5.41) is 22.0. The van der Waals surface area contributed by atoms with Gasteiger partial charge in [-0.05, 0) is 37.7 Å². The number of anilines is 1. The first-order valence-corrected chi connectivity index (χ1v) is 8.16. The number of amides is 1. The van der Waals surface area contributed by atoms with Crippen LogP contribution in [0.3, 0.4) is 0 Å². The third kappa shape index (κ3) is 2.53. The van der Waals surface area contributed by atoms with E-state index in [0.717, 1.165) is 24.8 Å². The standard InChI is InChI=1S/C16H16N2O3S/c17-8-12-9-6-3-7-13(9)22-15(12)18-14(19)10-4-1-2-5-11(10)16(20)21/h1-2,10-11H,3-7H2,(H,18,19)(H,20,21)/t10-,11-/m0/s1. The highest BCUT2D eigenvalue weighted by Crippen LogP contribution is 2.39. The van der Waals surface area contributed by atoms with Crippen molar-refractivity contribution in [1.29, 1.82) is 5.26 Å². The fourth-order valence-electron chi connectivity index (χ4n) is 3.19. The third-order valence-corrected chi connectivity index (χ3v) is 5.56. The lowest BCUT2D eigenvalue weighted by molar-refractivity contribution is -0.146. The molecule has 3 rings (SSSR count). The lowest BCUT2D eigenvalue weighted by Crippen LogP contribution is -2.34. The largest absolute Gasteiger partial charge is 0.481 e. The van der Waals surface area contributed by atoms with Crippen LogP contribution in [-0.2, 0) is 22.4 Å². The number of carbonyl (C=O) groups is 2. The van der Waals surface area contributed by atoms with Gasteiger partial charge in [0.15, 0.2) is 0 Å². The van der Waals surface area contributed by atoms with Gasteiger partial charge in [0.05, 0.1) is 17.4 Å². The fourth-order valence-corrected chi connectivity index (χ4v) is 4.43. The molecule has 2 atom stereocenters. The summed E-state index contributed by atoms with van der Waals surface area (Å²) in [5.74, 6) is -2.51. The fraction of sp³-hybridized carbons (Fsp3) is 0.438. The number of nitrogens with zero attached hydrogens (tertiary/aromatic N) is 1. The maximum absolute atomic E-state index is 12.5. The molecule has 1 aromatic rings. The Balaban J connectivity index is 1.81. The first-order chi connectivity index (χ1) is 10.6. The number of nitrogens with one attached hydrogen (secondary N) is 1. The van der Waals surface area contributed by atoms with Crippen LogP contribution in [0.1, 0.15) is 35.3 Å². The molecule has 2 aliphatic rings. The van der Waals surface area contributed by atoms with Crippen molar-refractivity contribution in [3.63, 3.8) is 0 Å². The monoisotopic (exact) mass is 316 g/mol. The van der Waals surface area contributed by atoms with Crippen LogP contribution < -0.4 is 5.32 Å². The van der Waals surface area contributed by atoms with Crippen molar-refractivity contribution in [3.8, 4) is 6.07 Å². The molecule has 114 valence electrons. The molecule has 2 N–H and O–H groups in total. The van der Waals surface area contributed by atoms with E-state index in [-0.39, 0.29) is 5.91 Å². The van der Waals surface area contributed by atoms with Gasteiger partial charge in [0.2, 0.25) is 5.91 Å². The SMILES string of the molecule is N#Cc1c(NC(=O)[C@H]2CC=CC[C@@H]2C(=O)O)sc2c1CCC2. The Bertz CT molecular complexity index is 699. The Morgan fingerprint density at radius 1 is 1.27 bits per heavy atom. The predicted molar refractivity (Wildman–Crippen MR) is 82.7 cm³/mol. The Kier molecular flexibility index (Phi) is 3.99. The van der Waals surface area contributed by atoms with Gasteiger partial charge in [0.1, 0.15) is 11.1 Å². The van der Waals surface area contributed by atoms with E-state index in [1.54, 1.807) is 0 Å². The topological polar surface area (TPSA) is 90.2 Å². The quantitative estimate of drug-likeness (QED) is 0.839. The molecular weight excluding hydrogens is 300 g/mol. The van der Waals surface area contributed by atoms with Gasteiger partial charge < -0.3 is 10.4 Å². The molecule has 0 radical (unpaired) electrons. The zero-order chi connectivity index (χ0) is 15.7. The van der Waals surface area contributed by atoms with Crippen LogP contribution in [0.25, 0.3) is 0 Å². The Morgan fingerprint density at radius 2 is 2.00 bits per heavy atom. The number of nitriles is 1. The second-order valence-electron chi connectivity index (χ2n) is 5.66. The lowest BCUT2D eigenvalue weighted by atomic mass is 9.82. The van der Waals surface area contributed by atoms with Crippen molar-refractivity contribution in [2.75, 3.05) is 5.32 Å². The summed E-state index contributed by atoms with van der Waals surface area (Å²) < 4.78 is 0. The van der Waals surface area contributed by atoms with E-state index in [4.69, 9.17) is 0 Å². The summed E-state index contributed by atoms with van der Waals surface area (Å²) in [4.78, 5) is 24.9. The van der Waals surface area contributed by atoms with E-state index in [9.17, 15) is 20.0 Å². The molecule has 0 saturated carbocycles. The van der Waals surface area contributed by atoms with Crippen LogP contribution >= 0.6 is 11.3 Å². The summed E-state index contributed by atoms with van der Waals surface area (Å²) in [6, 6.07) is 2.18. The van der Waals surface area contributed by atoms with Crippen LogP contribution in [0.4, 0.5) is 5.00 Å².